The van der Waals surface area contributed by atoms with Crippen LogP contribution >= 0.6 is 15.9 Å². The Morgan fingerprint density at radius 1 is 1.40 bits per heavy atom. The molecule has 8 nitrogen and oxygen atoms in total. The van der Waals surface area contributed by atoms with Crippen molar-refractivity contribution in [3.05, 3.63) is 62.6 Å². The first-order valence-corrected chi connectivity index (χ1v) is 7.89. The number of aromatic hydroxyl groups is 1. The molecular weight excluding hydrogens is 394 g/mol. The van der Waals surface area contributed by atoms with Crippen molar-refractivity contribution in [1.82, 2.24) is 5.43 Å². The van der Waals surface area contributed by atoms with Gasteiger partial charge in [-0.15, -0.1) is 0 Å². The summed E-state index contributed by atoms with van der Waals surface area (Å²) in [7, 11) is 0. The molecule has 0 saturated carbocycles. The molecule has 0 aliphatic rings. The summed E-state index contributed by atoms with van der Waals surface area (Å²) in [4.78, 5) is 22.1. The topological polar surface area (TPSA) is 114 Å². The predicted molar refractivity (Wildman–Crippen MR) is 94.7 cm³/mol. The molecule has 0 aliphatic carbocycles. The standard InChI is InChI=1S/C16H14BrN3O5/c1-10(25-15-5-3-2-4-13(15)17)16(22)19-18-9-11-8-12(20(23)24)6-7-14(11)21/h2-10,21H,1H3,(H,19,22). The molecule has 0 heterocycles. The SMILES string of the molecule is CC(Oc1ccccc1Br)C(=O)NN=Cc1cc([N+](=O)[O-])ccc1O. The van der Waals surface area contributed by atoms with Crippen molar-refractivity contribution in [2.45, 2.75) is 13.0 Å². The van der Waals surface area contributed by atoms with Crippen molar-refractivity contribution in [3.8, 4) is 11.5 Å². The lowest BCUT2D eigenvalue weighted by molar-refractivity contribution is -0.384. The van der Waals surface area contributed by atoms with Gasteiger partial charge in [0.05, 0.1) is 15.6 Å². The van der Waals surface area contributed by atoms with Gasteiger partial charge in [-0.05, 0) is 41.1 Å². The first kappa shape index (κ1) is 18.4. The van der Waals surface area contributed by atoms with Crippen LogP contribution in [0.15, 0.2) is 52.0 Å². The fraction of sp³-hybridized carbons (Fsp3) is 0.125. The first-order valence-electron chi connectivity index (χ1n) is 7.10. The average Bonchev–Trinajstić information content (AvgIpc) is 2.58. The third kappa shape index (κ3) is 5.01. The molecule has 9 heteroatoms. The van der Waals surface area contributed by atoms with Crippen LogP contribution in [0.2, 0.25) is 0 Å². The van der Waals surface area contributed by atoms with Crippen molar-refractivity contribution in [1.29, 1.82) is 0 Å². The third-order valence-electron chi connectivity index (χ3n) is 3.11. The predicted octanol–water partition coefficient (Wildman–Crippen LogP) is 2.98. The summed E-state index contributed by atoms with van der Waals surface area (Å²) in [6.45, 7) is 1.55. The van der Waals surface area contributed by atoms with Gasteiger partial charge in [-0.2, -0.15) is 5.10 Å². The summed E-state index contributed by atoms with van der Waals surface area (Å²) < 4.78 is 6.22. The van der Waals surface area contributed by atoms with Crippen molar-refractivity contribution < 1.29 is 19.6 Å². The molecule has 2 aromatic rings. The number of halogens is 1. The lowest BCUT2D eigenvalue weighted by atomic mass is 10.2. The number of non-ortho nitro benzene ring substituents is 1. The zero-order valence-corrected chi connectivity index (χ0v) is 14.6. The highest BCUT2D eigenvalue weighted by atomic mass is 79.9. The van der Waals surface area contributed by atoms with Crippen LogP contribution in [0.4, 0.5) is 5.69 Å². The number of nitrogens with zero attached hydrogens (tertiary/aromatic N) is 2. The lowest BCUT2D eigenvalue weighted by Crippen LogP contribution is -2.33. The van der Waals surface area contributed by atoms with Crippen molar-refractivity contribution in [2.75, 3.05) is 0 Å². The Morgan fingerprint density at radius 3 is 2.80 bits per heavy atom. The number of carbonyl (C=O) groups is 1. The second-order valence-corrected chi connectivity index (χ2v) is 5.78. The second kappa shape index (κ2) is 8.25. The van der Waals surface area contributed by atoms with Crippen LogP contribution in [0.25, 0.3) is 0 Å². The molecule has 0 bridgehead atoms. The van der Waals surface area contributed by atoms with Crippen LogP contribution in [0.3, 0.4) is 0 Å². The highest BCUT2D eigenvalue weighted by Crippen LogP contribution is 2.25. The van der Waals surface area contributed by atoms with E-state index >= 15 is 0 Å². The molecule has 1 amide bonds. The van der Waals surface area contributed by atoms with Crippen LogP contribution in [0.1, 0.15) is 12.5 Å². The van der Waals surface area contributed by atoms with Gasteiger partial charge in [0.25, 0.3) is 11.6 Å². The Morgan fingerprint density at radius 2 is 2.12 bits per heavy atom. The molecule has 2 rings (SSSR count). The number of hydrazone groups is 1. The number of ether oxygens (including phenoxy) is 1. The van der Waals surface area contributed by atoms with Gasteiger partial charge in [0.1, 0.15) is 11.5 Å². The molecule has 0 aliphatic heterocycles. The number of rotatable bonds is 6. The number of benzene rings is 2. The number of hydrogen-bond donors (Lipinski definition) is 2. The third-order valence-corrected chi connectivity index (χ3v) is 3.77. The number of para-hydroxylation sites is 1. The minimum atomic E-state index is -0.824. The van der Waals surface area contributed by atoms with Gasteiger partial charge in [-0.25, -0.2) is 5.43 Å². The molecule has 130 valence electrons. The summed E-state index contributed by atoms with van der Waals surface area (Å²) in [5.74, 6) is -0.205. The van der Waals surface area contributed by atoms with E-state index in [9.17, 15) is 20.0 Å². The smallest absolute Gasteiger partial charge is 0.280 e. The molecule has 0 saturated heterocycles. The Hall–Kier alpha value is -2.94. The summed E-state index contributed by atoms with van der Waals surface area (Å²) in [5, 5.41) is 24.1. The van der Waals surface area contributed by atoms with Crippen LogP contribution < -0.4 is 10.2 Å². The molecule has 0 radical (unpaired) electrons. The summed E-state index contributed by atoms with van der Waals surface area (Å²) >= 11 is 3.31. The molecule has 0 fully saturated rings. The van der Waals surface area contributed by atoms with E-state index in [0.717, 1.165) is 12.3 Å². The number of nitro groups is 1. The maximum atomic E-state index is 12.0. The van der Waals surface area contributed by atoms with E-state index in [4.69, 9.17) is 4.74 Å². The van der Waals surface area contributed by atoms with Crippen molar-refractivity contribution in [2.24, 2.45) is 5.10 Å². The molecular formula is C16H14BrN3O5. The van der Waals surface area contributed by atoms with E-state index in [1.54, 1.807) is 25.1 Å². The number of hydrogen-bond acceptors (Lipinski definition) is 6. The lowest BCUT2D eigenvalue weighted by Gasteiger charge is -2.13. The quantitative estimate of drug-likeness (QED) is 0.433. The van der Waals surface area contributed by atoms with Crippen molar-refractivity contribution in [3.63, 3.8) is 0 Å². The van der Waals surface area contributed by atoms with Gasteiger partial charge in [-0.3, -0.25) is 14.9 Å². The number of phenolic OH excluding ortho intramolecular Hbond substituents is 1. The maximum absolute atomic E-state index is 12.0. The zero-order chi connectivity index (χ0) is 18.4. The monoisotopic (exact) mass is 407 g/mol. The maximum Gasteiger partial charge on any atom is 0.280 e. The summed E-state index contributed by atoms with van der Waals surface area (Å²) in [6, 6.07) is 10.6. The number of carbonyl (C=O) groups excluding carboxylic acids is 1. The number of phenols is 1. The van der Waals surface area contributed by atoms with Crippen LogP contribution in [-0.4, -0.2) is 28.3 Å². The van der Waals surface area contributed by atoms with Crippen LogP contribution in [-0.2, 0) is 4.79 Å². The molecule has 25 heavy (non-hydrogen) atoms. The second-order valence-electron chi connectivity index (χ2n) is 4.92. The van der Waals surface area contributed by atoms with E-state index in [0.29, 0.717) is 10.2 Å². The number of amides is 1. The molecule has 2 N–H and O–H groups in total. The van der Waals surface area contributed by atoms with E-state index < -0.39 is 16.9 Å². The zero-order valence-electron chi connectivity index (χ0n) is 13.0. The minimum absolute atomic E-state index is 0.105. The van der Waals surface area contributed by atoms with E-state index in [1.165, 1.54) is 12.1 Å². The normalized spacial score (nSPS) is 11.9. The van der Waals surface area contributed by atoms with Gasteiger partial charge in [-0.1, -0.05) is 12.1 Å². The molecule has 0 spiro atoms. The molecule has 2 aromatic carbocycles. The molecule has 1 atom stereocenters. The van der Waals surface area contributed by atoms with Gasteiger partial charge in [0, 0.05) is 17.7 Å². The number of nitrogens with one attached hydrogen (secondary N) is 1. The van der Waals surface area contributed by atoms with Gasteiger partial charge < -0.3 is 9.84 Å². The first-order chi connectivity index (χ1) is 11.9. The largest absolute Gasteiger partial charge is 0.507 e. The fourth-order valence-electron chi connectivity index (χ4n) is 1.80. The Bertz CT molecular complexity index is 825. The van der Waals surface area contributed by atoms with Gasteiger partial charge in [0.15, 0.2) is 6.10 Å². The van der Waals surface area contributed by atoms with Crippen LogP contribution in [0.5, 0.6) is 11.5 Å². The van der Waals surface area contributed by atoms with Crippen LogP contribution in [0, 0.1) is 10.1 Å². The Balaban J connectivity index is 1.99. The number of nitro benzene ring substituents is 1. The van der Waals surface area contributed by atoms with Gasteiger partial charge >= 0.3 is 0 Å². The summed E-state index contributed by atoms with van der Waals surface area (Å²) in [5.41, 5.74) is 2.16. The average molecular weight is 408 g/mol. The minimum Gasteiger partial charge on any atom is -0.507 e. The fourth-order valence-corrected chi connectivity index (χ4v) is 2.18. The highest BCUT2D eigenvalue weighted by Gasteiger charge is 2.15. The highest BCUT2D eigenvalue weighted by molar-refractivity contribution is 9.10. The van der Waals surface area contributed by atoms with E-state index in [1.807, 2.05) is 6.07 Å². The van der Waals surface area contributed by atoms with Gasteiger partial charge in [0.2, 0.25) is 0 Å². The van der Waals surface area contributed by atoms with E-state index in [2.05, 4.69) is 26.5 Å². The van der Waals surface area contributed by atoms with E-state index in [-0.39, 0.29) is 17.0 Å². The summed E-state index contributed by atoms with van der Waals surface area (Å²) in [6.07, 6.45) is 0.292. The molecule has 1 unspecified atom stereocenters. The Labute approximate surface area is 151 Å². The molecule has 0 aromatic heterocycles. The van der Waals surface area contributed by atoms with Crippen molar-refractivity contribution >= 4 is 33.7 Å². The Kier molecular flexibility index (Phi) is 6.07.